The van der Waals surface area contributed by atoms with E-state index in [1.165, 1.54) is 37.5 Å². The summed E-state index contributed by atoms with van der Waals surface area (Å²) in [4.78, 5) is 38.0. The van der Waals surface area contributed by atoms with Crippen molar-refractivity contribution in [1.29, 1.82) is 0 Å². The molecule has 1 aromatic rings. The lowest BCUT2D eigenvalue weighted by Crippen LogP contribution is -2.00. The van der Waals surface area contributed by atoms with E-state index < -0.39 is 5.97 Å². The lowest BCUT2D eigenvalue weighted by molar-refractivity contribution is 0.0601. The molecule has 16 heavy (non-hydrogen) atoms. The van der Waals surface area contributed by atoms with Gasteiger partial charge in [-0.3, -0.25) is 0 Å². The van der Waals surface area contributed by atoms with Gasteiger partial charge in [0.1, 0.15) is 0 Å². The zero-order valence-electron chi connectivity index (χ0n) is 8.26. The largest absolute Gasteiger partial charge is 0.465 e. The molecular formula is C10H6N2O4. The Kier molecular flexibility index (Phi) is 3.86. The van der Waals surface area contributed by atoms with Crippen molar-refractivity contribution in [3.05, 3.63) is 23.8 Å². The molecule has 0 saturated heterocycles. The first kappa shape index (κ1) is 11.5. The van der Waals surface area contributed by atoms with Crippen LogP contribution >= 0.6 is 0 Å². The number of methoxy groups -OCH3 is 1. The van der Waals surface area contributed by atoms with Gasteiger partial charge in [0.2, 0.25) is 12.2 Å². The highest BCUT2D eigenvalue weighted by Crippen LogP contribution is 2.23. The van der Waals surface area contributed by atoms with Crippen molar-refractivity contribution in [1.82, 2.24) is 0 Å². The van der Waals surface area contributed by atoms with E-state index in [9.17, 15) is 14.4 Å². The maximum absolute atomic E-state index is 11.2. The summed E-state index contributed by atoms with van der Waals surface area (Å²) in [5.41, 5.74) is 0.451. The summed E-state index contributed by atoms with van der Waals surface area (Å²) in [6.07, 6.45) is 2.64. The van der Waals surface area contributed by atoms with Crippen LogP contribution in [0, 0.1) is 0 Å². The quantitative estimate of drug-likeness (QED) is 0.436. The molecule has 0 spiro atoms. The molecular weight excluding hydrogens is 212 g/mol. The lowest BCUT2D eigenvalue weighted by Gasteiger charge is -2.00. The van der Waals surface area contributed by atoms with Gasteiger partial charge in [-0.15, -0.1) is 0 Å². The lowest BCUT2D eigenvalue weighted by atomic mass is 10.2. The molecule has 0 amide bonds. The van der Waals surface area contributed by atoms with Gasteiger partial charge in [0.25, 0.3) is 0 Å². The number of nitrogens with zero attached hydrogens (tertiary/aromatic N) is 2. The molecule has 0 unspecified atom stereocenters. The third-order valence-electron chi connectivity index (χ3n) is 1.67. The fourth-order valence-electron chi connectivity index (χ4n) is 1.07. The highest BCUT2D eigenvalue weighted by molar-refractivity contribution is 5.91. The number of isocyanates is 2. The van der Waals surface area contributed by atoms with Crippen LogP contribution in [-0.2, 0) is 14.3 Å². The molecule has 80 valence electrons. The second-order valence-corrected chi connectivity index (χ2v) is 2.64. The zero-order chi connectivity index (χ0) is 12.0. The molecule has 1 rings (SSSR count). The van der Waals surface area contributed by atoms with Gasteiger partial charge in [-0.1, -0.05) is 0 Å². The van der Waals surface area contributed by atoms with Gasteiger partial charge in [-0.25, -0.2) is 14.4 Å². The minimum atomic E-state index is -0.620. The Morgan fingerprint density at radius 2 is 1.62 bits per heavy atom. The molecule has 1 aromatic carbocycles. The van der Waals surface area contributed by atoms with Crippen LogP contribution in [0.5, 0.6) is 0 Å². The highest BCUT2D eigenvalue weighted by atomic mass is 16.5. The molecule has 0 atom stereocenters. The van der Waals surface area contributed by atoms with Gasteiger partial charge >= 0.3 is 5.97 Å². The first-order valence-electron chi connectivity index (χ1n) is 4.10. The molecule has 0 N–H and O–H groups in total. The fourth-order valence-corrected chi connectivity index (χ4v) is 1.07. The van der Waals surface area contributed by atoms with Gasteiger partial charge in [0.15, 0.2) is 0 Å². The van der Waals surface area contributed by atoms with Gasteiger partial charge in [0.05, 0.1) is 24.0 Å². The third kappa shape index (κ3) is 2.72. The van der Waals surface area contributed by atoms with Crippen molar-refractivity contribution in [3.63, 3.8) is 0 Å². The van der Waals surface area contributed by atoms with Crippen molar-refractivity contribution in [2.75, 3.05) is 7.11 Å². The monoisotopic (exact) mass is 218 g/mol. The van der Waals surface area contributed by atoms with E-state index >= 15 is 0 Å². The van der Waals surface area contributed by atoms with Crippen LogP contribution in [-0.4, -0.2) is 25.2 Å². The predicted molar refractivity (Wildman–Crippen MR) is 53.3 cm³/mol. The number of ether oxygens (including phenoxy) is 1. The van der Waals surface area contributed by atoms with Crippen LogP contribution in [0.1, 0.15) is 10.4 Å². The summed E-state index contributed by atoms with van der Waals surface area (Å²) in [7, 11) is 1.21. The van der Waals surface area contributed by atoms with E-state index in [2.05, 4.69) is 14.7 Å². The van der Waals surface area contributed by atoms with Gasteiger partial charge in [0, 0.05) is 0 Å². The van der Waals surface area contributed by atoms with Crippen LogP contribution < -0.4 is 0 Å². The summed E-state index contributed by atoms with van der Waals surface area (Å²) >= 11 is 0. The Balaban J connectivity index is 3.33. The average Bonchev–Trinajstić information content (AvgIpc) is 2.28. The van der Waals surface area contributed by atoms with E-state index in [1.54, 1.807) is 0 Å². The second kappa shape index (κ2) is 5.36. The molecule has 0 aliphatic heterocycles. The third-order valence-corrected chi connectivity index (χ3v) is 1.67. The molecule has 0 bridgehead atoms. The predicted octanol–water partition coefficient (Wildman–Crippen LogP) is 1.41. The number of carbonyl (C=O) groups excluding carboxylic acids is 3. The van der Waals surface area contributed by atoms with Crippen molar-refractivity contribution < 1.29 is 19.1 Å². The van der Waals surface area contributed by atoms with Crippen molar-refractivity contribution in [3.8, 4) is 0 Å². The van der Waals surface area contributed by atoms with Gasteiger partial charge in [-0.2, -0.15) is 9.98 Å². The molecule has 0 fully saturated rings. The first-order chi connectivity index (χ1) is 7.71. The second-order valence-electron chi connectivity index (χ2n) is 2.64. The summed E-state index contributed by atoms with van der Waals surface area (Å²) in [6.45, 7) is 0. The number of carbonyl (C=O) groups is 1. The normalized spacial score (nSPS) is 8.56. The molecule has 6 nitrogen and oxygen atoms in total. The standard InChI is InChI=1S/C10H6N2O4/c1-16-10(15)7-2-8(11-5-13)4-9(3-7)12-6-14/h2-4H,1H3. The first-order valence-corrected chi connectivity index (χ1v) is 4.10. The SMILES string of the molecule is COC(=O)c1cc(N=C=O)cc(N=C=O)c1. The minimum Gasteiger partial charge on any atom is -0.465 e. The topological polar surface area (TPSA) is 85.2 Å². The molecule has 0 aliphatic rings. The van der Waals surface area contributed by atoms with Crippen molar-refractivity contribution >= 4 is 29.5 Å². The Labute approximate surface area is 90.3 Å². The zero-order valence-corrected chi connectivity index (χ0v) is 8.26. The van der Waals surface area contributed by atoms with Crippen LogP contribution in [0.4, 0.5) is 11.4 Å². The van der Waals surface area contributed by atoms with Gasteiger partial charge in [-0.05, 0) is 18.2 Å². The Hall–Kier alpha value is -2.55. The highest BCUT2D eigenvalue weighted by Gasteiger charge is 2.08. The van der Waals surface area contributed by atoms with E-state index in [0.717, 1.165) is 0 Å². The molecule has 0 heterocycles. The summed E-state index contributed by atoms with van der Waals surface area (Å²) < 4.78 is 4.48. The number of aliphatic imine (C=N–C) groups is 2. The average molecular weight is 218 g/mol. The number of hydrogen-bond acceptors (Lipinski definition) is 6. The van der Waals surface area contributed by atoms with E-state index in [0.29, 0.717) is 0 Å². The molecule has 0 aromatic heterocycles. The maximum Gasteiger partial charge on any atom is 0.338 e. The number of esters is 1. The summed E-state index contributed by atoms with van der Waals surface area (Å²) in [5, 5.41) is 0. The van der Waals surface area contributed by atoms with Crippen molar-refractivity contribution in [2.45, 2.75) is 0 Å². The van der Waals surface area contributed by atoms with Crippen LogP contribution in [0.25, 0.3) is 0 Å². The number of rotatable bonds is 3. The van der Waals surface area contributed by atoms with Gasteiger partial charge < -0.3 is 4.74 Å². The maximum atomic E-state index is 11.2. The fraction of sp³-hybridized carbons (Fsp3) is 0.100. The number of benzene rings is 1. The molecule has 0 aliphatic carbocycles. The summed E-state index contributed by atoms with van der Waals surface area (Å²) in [5.74, 6) is -0.620. The van der Waals surface area contributed by atoms with E-state index in [4.69, 9.17) is 0 Å². The minimum absolute atomic E-state index is 0.132. The van der Waals surface area contributed by atoms with E-state index in [1.807, 2.05) is 0 Å². The Morgan fingerprint density at radius 1 is 1.12 bits per heavy atom. The van der Waals surface area contributed by atoms with Crippen LogP contribution in [0.3, 0.4) is 0 Å². The Bertz CT molecular complexity index is 475. The molecule has 0 saturated carbocycles. The Morgan fingerprint density at radius 3 is 2.00 bits per heavy atom. The smallest absolute Gasteiger partial charge is 0.338 e. The molecule has 0 radical (unpaired) electrons. The van der Waals surface area contributed by atoms with Crippen LogP contribution in [0.2, 0.25) is 0 Å². The van der Waals surface area contributed by atoms with Crippen molar-refractivity contribution in [2.24, 2.45) is 9.98 Å². The number of hydrogen-bond donors (Lipinski definition) is 0. The van der Waals surface area contributed by atoms with Crippen LogP contribution in [0.15, 0.2) is 28.2 Å². The molecule has 6 heteroatoms. The van der Waals surface area contributed by atoms with E-state index in [-0.39, 0.29) is 16.9 Å². The summed E-state index contributed by atoms with van der Waals surface area (Å²) in [6, 6.07) is 3.98.